The van der Waals surface area contributed by atoms with Crippen molar-refractivity contribution < 1.29 is 29.7 Å². The van der Waals surface area contributed by atoms with Crippen molar-refractivity contribution in [2.45, 2.75) is 44.3 Å². The van der Waals surface area contributed by atoms with Crippen LogP contribution in [0, 0.1) is 0 Å². The molecule has 9 heteroatoms. The molecule has 2 atom stereocenters. The van der Waals surface area contributed by atoms with Gasteiger partial charge in [-0.1, -0.05) is 37.1 Å². The molecule has 1 aliphatic carbocycles. The van der Waals surface area contributed by atoms with Crippen molar-refractivity contribution in [3.63, 3.8) is 0 Å². The van der Waals surface area contributed by atoms with Crippen LogP contribution in [0.1, 0.15) is 31.4 Å². The second-order valence-corrected chi connectivity index (χ2v) is 7.93. The van der Waals surface area contributed by atoms with E-state index in [1.807, 2.05) is 30.3 Å². The fourth-order valence-electron chi connectivity index (χ4n) is 4.47. The lowest BCUT2D eigenvalue weighted by Gasteiger charge is -2.43. The Balaban J connectivity index is 1.88. The van der Waals surface area contributed by atoms with E-state index >= 15 is 0 Å². The Hall–Kier alpha value is -3.04. The molecule has 9 nitrogen and oxygen atoms in total. The maximum Gasteiger partial charge on any atom is 0.317 e. The third kappa shape index (κ3) is 6.22. The zero-order valence-corrected chi connectivity index (χ0v) is 17.2. The van der Waals surface area contributed by atoms with E-state index < -0.39 is 31.0 Å². The van der Waals surface area contributed by atoms with Gasteiger partial charge in [0, 0.05) is 30.2 Å². The van der Waals surface area contributed by atoms with E-state index in [0.717, 1.165) is 23.6 Å². The van der Waals surface area contributed by atoms with E-state index in [1.54, 1.807) is 11.1 Å². The van der Waals surface area contributed by atoms with Crippen molar-refractivity contribution in [1.29, 1.82) is 0 Å². The number of fused-ring (bicyclic) bond motifs is 1. The van der Waals surface area contributed by atoms with Crippen LogP contribution in [0.2, 0.25) is 0 Å². The minimum Gasteiger partial charge on any atom is -0.480 e. The summed E-state index contributed by atoms with van der Waals surface area (Å²) in [6.07, 6.45) is 4.75. The number of hydrogen-bond acceptors (Lipinski definition) is 6. The summed E-state index contributed by atoms with van der Waals surface area (Å²) in [7, 11) is 0. The second kappa shape index (κ2) is 10.3. The number of aromatic nitrogens is 1. The molecule has 0 spiro atoms. The third-order valence-electron chi connectivity index (χ3n) is 5.70. The Morgan fingerprint density at radius 2 is 1.35 bits per heavy atom. The van der Waals surface area contributed by atoms with Gasteiger partial charge in [0.1, 0.15) is 0 Å². The second-order valence-electron chi connectivity index (χ2n) is 7.93. The van der Waals surface area contributed by atoms with E-state index in [4.69, 9.17) is 0 Å². The first kappa shape index (κ1) is 22.6. The summed E-state index contributed by atoms with van der Waals surface area (Å²) in [5, 5.41) is 30.1. The van der Waals surface area contributed by atoms with Gasteiger partial charge in [-0.15, -0.1) is 0 Å². The lowest BCUT2D eigenvalue weighted by atomic mass is 9.87. The highest BCUT2D eigenvalue weighted by Gasteiger charge is 2.36. The first-order valence-electron chi connectivity index (χ1n) is 10.3. The topological polar surface area (TPSA) is 131 Å². The zero-order chi connectivity index (χ0) is 22.4. The number of carbonyl (C=O) groups is 3. The van der Waals surface area contributed by atoms with E-state index in [9.17, 15) is 29.7 Å². The molecule has 0 amide bonds. The van der Waals surface area contributed by atoms with Crippen molar-refractivity contribution in [3.05, 3.63) is 42.2 Å². The van der Waals surface area contributed by atoms with Gasteiger partial charge < -0.3 is 15.3 Å². The van der Waals surface area contributed by atoms with Crippen LogP contribution < -0.4 is 0 Å². The lowest BCUT2D eigenvalue weighted by molar-refractivity contribution is -0.146. The van der Waals surface area contributed by atoms with Gasteiger partial charge in [0.05, 0.1) is 25.3 Å². The molecule has 31 heavy (non-hydrogen) atoms. The van der Waals surface area contributed by atoms with Gasteiger partial charge in [0.2, 0.25) is 0 Å². The van der Waals surface area contributed by atoms with Crippen molar-refractivity contribution in [2.75, 3.05) is 19.6 Å². The van der Waals surface area contributed by atoms with E-state index in [0.29, 0.717) is 18.5 Å². The average molecular weight is 429 g/mol. The summed E-state index contributed by atoms with van der Waals surface area (Å²) in [6.45, 7) is -0.749. The molecule has 0 bridgehead atoms. The maximum atomic E-state index is 11.6. The molecule has 1 aliphatic rings. The molecule has 1 aromatic carbocycles. The van der Waals surface area contributed by atoms with Crippen molar-refractivity contribution in [1.82, 2.24) is 14.8 Å². The van der Waals surface area contributed by atoms with Crippen LogP contribution >= 0.6 is 0 Å². The van der Waals surface area contributed by atoms with Crippen LogP contribution in [0.3, 0.4) is 0 Å². The van der Waals surface area contributed by atoms with E-state index in [-0.39, 0.29) is 25.2 Å². The molecule has 0 saturated heterocycles. The largest absolute Gasteiger partial charge is 0.480 e. The summed E-state index contributed by atoms with van der Waals surface area (Å²) >= 11 is 0. The van der Waals surface area contributed by atoms with Crippen LogP contribution in [-0.4, -0.2) is 79.7 Å². The van der Waals surface area contributed by atoms with Gasteiger partial charge in [0.15, 0.2) is 0 Å². The fraction of sp³-hybridized carbons (Fsp3) is 0.455. The Labute approximate surface area is 179 Å². The molecule has 1 saturated carbocycles. The molecule has 166 valence electrons. The van der Waals surface area contributed by atoms with Gasteiger partial charge in [-0.05, 0) is 24.3 Å². The Kier molecular flexibility index (Phi) is 7.54. The molecule has 1 fully saturated rings. The standard InChI is InChI=1S/C22H27N3O6/c26-20(27)12-24(11-17-9-15-5-1-2-6-16(15)10-23-17)18-7-3-4-8-19(18)25(13-21(28)29)14-22(30)31/h1-2,5-6,9-10,18-19H,3-4,7-8,11-14H2,(H,26,27)(H,28,29)(H,30,31)/t18?,19-/m0/s1. The van der Waals surface area contributed by atoms with Gasteiger partial charge in [0.25, 0.3) is 0 Å². The average Bonchev–Trinajstić information content (AvgIpc) is 2.72. The summed E-state index contributed by atoms with van der Waals surface area (Å²) in [4.78, 5) is 42.0. The monoisotopic (exact) mass is 429 g/mol. The number of hydrogen-bond donors (Lipinski definition) is 3. The van der Waals surface area contributed by atoms with E-state index in [1.165, 1.54) is 4.90 Å². The fourth-order valence-corrected chi connectivity index (χ4v) is 4.47. The van der Waals surface area contributed by atoms with Crippen LogP contribution in [0.5, 0.6) is 0 Å². The molecule has 0 radical (unpaired) electrons. The summed E-state index contributed by atoms with van der Waals surface area (Å²) in [6, 6.07) is 9.05. The molecule has 1 unspecified atom stereocenters. The minimum atomic E-state index is -1.11. The Morgan fingerprint density at radius 1 is 0.839 bits per heavy atom. The quantitative estimate of drug-likeness (QED) is 0.518. The lowest BCUT2D eigenvalue weighted by Crippen LogP contribution is -2.56. The normalized spacial score (nSPS) is 19.0. The van der Waals surface area contributed by atoms with Gasteiger partial charge >= 0.3 is 17.9 Å². The highest BCUT2D eigenvalue weighted by Crippen LogP contribution is 2.28. The van der Waals surface area contributed by atoms with Gasteiger partial charge in [-0.25, -0.2) is 0 Å². The predicted octanol–water partition coefficient (Wildman–Crippen LogP) is 1.90. The Morgan fingerprint density at radius 3 is 1.94 bits per heavy atom. The molecular formula is C22H27N3O6. The first-order chi connectivity index (χ1) is 14.8. The molecular weight excluding hydrogens is 402 g/mol. The summed E-state index contributed by atoms with van der Waals surface area (Å²) in [5.74, 6) is -3.20. The third-order valence-corrected chi connectivity index (χ3v) is 5.70. The number of benzene rings is 1. The van der Waals surface area contributed by atoms with Gasteiger partial charge in [-0.3, -0.25) is 29.2 Å². The van der Waals surface area contributed by atoms with Crippen LogP contribution in [-0.2, 0) is 20.9 Å². The molecule has 0 aliphatic heterocycles. The zero-order valence-electron chi connectivity index (χ0n) is 17.2. The van der Waals surface area contributed by atoms with Crippen LogP contribution in [0.15, 0.2) is 36.5 Å². The highest BCUT2D eigenvalue weighted by molar-refractivity contribution is 5.81. The Bertz CT molecular complexity index is 934. The maximum absolute atomic E-state index is 11.6. The summed E-state index contributed by atoms with van der Waals surface area (Å²) in [5.41, 5.74) is 0.715. The minimum absolute atomic E-state index is 0.232. The summed E-state index contributed by atoms with van der Waals surface area (Å²) < 4.78 is 0. The number of carboxylic acid groups (broad SMARTS) is 3. The molecule has 2 aromatic rings. The number of aliphatic carboxylic acids is 3. The van der Waals surface area contributed by atoms with E-state index in [2.05, 4.69) is 4.98 Å². The molecule has 3 N–H and O–H groups in total. The molecule has 1 heterocycles. The van der Waals surface area contributed by atoms with Crippen LogP contribution in [0.25, 0.3) is 10.8 Å². The molecule has 3 rings (SSSR count). The molecule has 1 aromatic heterocycles. The number of carboxylic acids is 3. The smallest absolute Gasteiger partial charge is 0.317 e. The van der Waals surface area contributed by atoms with Crippen molar-refractivity contribution in [2.24, 2.45) is 0 Å². The van der Waals surface area contributed by atoms with Crippen LogP contribution in [0.4, 0.5) is 0 Å². The van der Waals surface area contributed by atoms with Gasteiger partial charge in [-0.2, -0.15) is 0 Å². The van der Waals surface area contributed by atoms with Crippen molar-refractivity contribution in [3.8, 4) is 0 Å². The SMILES string of the molecule is O=C(O)CN(Cc1cc2ccccc2cn1)C1CCCC[C@@H]1N(CC(=O)O)CC(=O)O. The number of rotatable bonds is 10. The highest BCUT2D eigenvalue weighted by atomic mass is 16.4. The first-order valence-corrected chi connectivity index (χ1v) is 10.3. The number of nitrogens with zero attached hydrogens (tertiary/aromatic N) is 3. The predicted molar refractivity (Wildman–Crippen MR) is 113 cm³/mol. The van der Waals surface area contributed by atoms with Crippen molar-refractivity contribution >= 4 is 28.7 Å². The number of pyridine rings is 1.